The van der Waals surface area contributed by atoms with Crippen LogP contribution in [0.4, 0.5) is 5.82 Å². The first-order chi connectivity index (χ1) is 8.26. The van der Waals surface area contributed by atoms with Crippen molar-refractivity contribution in [3.05, 3.63) is 18.1 Å². The number of rotatable bonds is 2. The molecule has 18 heavy (non-hydrogen) atoms. The van der Waals surface area contributed by atoms with E-state index in [1.165, 1.54) is 0 Å². The molecule has 0 radical (unpaired) electrons. The number of piperidine rings is 1. The number of hydrogen-bond acceptors (Lipinski definition) is 4. The zero-order valence-electron chi connectivity index (χ0n) is 12.0. The molecule has 1 aliphatic heterocycles. The van der Waals surface area contributed by atoms with Crippen LogP contribution in [0.1, 0.15) is 46.2 Å². The third kappa shape index (κ3) is 3.42. The Morgan fingerprint density at radius 2 is 1.78 bits per heavy atom. The molecule has 4 heteroatoms. The van der Waals surface area contributed by atoms with Crippen molar-refractivity contribution in [2.45, 2.75) is 64.6 Å². The number of aromatic nitrogens is 2. The van der Waals surface area contributed by atoms with E-state index < -0.39 is 0 Å². The zero-order chi connectivity index (χ0) is 13.4. The third-order valence-corrected chi connectivity index (χ3v) is 3.35. The molecule has 0 atom stereocenters. The molecular formula is C14H24N4. The summed E-state index contributed by atoms with van der Waals surface area (Å²) in [5, 5.41) is 7.23. The molecule has 2 N–H and O–H groups in total. The molecule has 0 aromatic carbocycles. The SMILES string of the molecule is Cc1cc(NC2CC(C)(C)NC(C)(C)C2)ncn1. The summed E-state index contributed by atoms with van der Waals surface area (Å²) in [7, 11) is 0. The lowest BCUT2D eigenvalue weighted by Gasteiger charge is -2.46. The molecule has 0 spiro atoms. The van der Waals surface area contributed by atoms with E-state index in [0.29, 0.717) is 6.04 Å². The molecule has 2 rings (SSSR count). The Morgan fingerprint density at radius 3 is 2.33 bits per heavy atom. The summed E-state index contributed by atoms with van der Waals surface area (Å²) < 4.78 is 0. The minimum absolute atomic E-state index is 0.154. The lowest BCUT2D eigenvalue weighted by molar-refractivity contribution is 0.170. The van der Waals surface area contributed by atoms with E-state index in [4.69, 9.17) is 0 Å². The van der Waals surface area contributed by atoms with E-state index in [2.05, 4.69) is 48.3 Å². The van der Waals surface area contributed by atoms with Crippen LogP contribution in [0.2, 0.25) is 0 Å². The molecule has 0 amide bonds. The van der Waals surface area contributed by atoms with Crippen LogP contribution in [0.25, 0.3) is 0 Å². The predicted molar refractivity (Wildman–Crippen MR) is 74.7 cm³/mol. The molecule has 1 saturated heterocycles. The summed E-state index contributed by atoms with van der Waals surface area (Å²) in [5.74, 6) is 0.931. The smallest absolute Gasteiger partial charge is 0.129 e. The van der Waals surface area contributed by atoms with Gasteiger partial charge in [0.05, 0.1) is 0 Å². The quantitative estimate of drug-likeness (QED) is 0.844. The molecule has 4 nitrogen and oxygen atoms in total. The lowest BCUT2D eigenvalue weighted by atomic mass is 9.79. The first-order valence-electron chi connectivity index (χ1n) is 6.60. The van der Waals surface area contributed by atoms with Crippen LogP contribution in [-0.4, -0.2) is 27.1 Å². The average molecular weight is 248 g/mol. The minimum atomic E-state index is 0.154. The van der Waals surface area contributed by atoms with Crippen molar-refractivity contribution in [1.29, 1.82) is 0 Å². The van der Waals surface area contributed by atoms with E-state index in [-0.39, 0.29) is 11.1 Å². The van der Waals surface area contributed by atoms with Crippen molar-refractivity contribution in [2.24, 2.45) is 0 Å². The number of nitrogens with one attached hydrogen (secondary N) is 2. The number of hydrogen-bond donors (Lipinski definition) is 2. The number of nitrogens with zero attached hydrogens (tertiary/aromatic N) is 2. The van der Waals surface area contributed by atoms with Crippen molar-refractivity contribution in [2.75, 3.05) is 5.32 Å². The van der Waals surface area contributed by atoms with Crippen molar-refractivity contribution >= 4 is 5.82 Å². The van der Waals surface area contributed by atoms with Gasteiger partial charge in [0.2, 0.25) is 0 Å². The zero-order valence-corrected chi connectivity index (χ0v) is 12.0. The minimum Gasteiger partial charge on any atom is -0.367 e. The van der Waals surface area contributed by atoms with Crippen LogP contribution in [0.3, 0.4) is 0 Å². The summed E-state index contributed by atoms with van der Waals surface area (Å²) in [6.07, 6.45) is 3.81. The van der Waals surface area contributed by atoms with Gasteiger partial charge in [-0.25, -0.2) is 9.97 Å². The fraction of sp³-hybridized carbons (Fsp3) is 0.714. The van der Waals surface area contributed by atoms with Gasteiger partial charge in [0, 0.05) is 28.9 Å². The van der Waals surface area contributed by atoms with Crippen LogP contribution < -0.4 is 10.6 Å². The molecule has 1 aromatic heterocycles. The van der Waals surface area contributed by atoms with E-state index in [1.54, 1.807) is 6.33 Å². The summed E-state index contributed by atoms with van der Waals surface area (Å²) >= 11 is 0. The normalized spacial score (nSPS) is 22.7. The van der Waals surface area contributed by atoms with E-state index in [1.807, 2.05) is 13.0 Å². The van der Waals surface area contributed by atoms with Gasteiger partial charge in [0.15, 0.2) is 0 Å². The van der Waals surface area contributed by atoms with E-state index in [0.717, 1.165) is 24.4 Å². The molecule has 1 aromatic rings. The second-order valence-corrected chi connectivity index (χ2v) is 6.69. The summed E-state index contributed by atoms with van der Waals surface area (Å²) in [6.45, 7) is 11.0. The molecule has 2 heterocycles. The van der Waals surface area contributed by atoms with Gasteiger partial charge in [0.25, 0.3) is 0 Å². The Morgan fingerprint density at radius 1 is 1.17 bits per heavy atom. The van der Waals surface area contributed by atoms with Crippen LogP contribution in [0.5, 0.6) is 0 Å². The van der Waals surface area contributed by atoms with Gasteiger partial charge < -0.3 is 10.6 Å². The maximum Gasteiger partial charge on any atom is 0.129 e. The first-order valence-corrected chi connectivity index (χ1v) is 6.60. The second-order valence-electron chi connectivity index (χ2n) is 6.69. The van der Waals surface area contributed by atoms with Gasteiger partial charge in [-0.3, -0.25) is 0 Å². The largest absolute Gasteiger partial charge is 0.367 e. The Kier molecular flexibility index (Phi) is 3.32. The van der Waals surface area contributed by atoms with Gasteiger partial charge >= 0.3 is 0 Å². The molecule has 0 unspecified atom stereocenters. The number of anilines is 1. The van der Waals surface area contributed by atoms with Crippen molar-refractivity contribution in [1.82, 2.24) is 15.3 Å². The van der Waals surface area contributed by atoms with Crippen LogP contribution in [0, 0.1) is 6.92 Å². The Hall–Kier alpha value is -1.16. The summed E-state index contributed by atoms with van der Waals surface area (Å²) in [4.78, 5) is 8.41. The van der Waals surface area contributed by atoms with E-state index >= 15 is 0 Å². The lowest BCUT2D eigenvalue weighted by Crippen LogP contribution is -2.60. The molecule has 0 aliphatic carbocycles. The summed E-state index contributed by atoms with van der Waals surface area (Å²) in [5.41, 5.74) is 1.31. The molecular weight excluding hydrogens is 224 g/mol. The van der Waals surface area contributed by atoms with Gasteiger partial charge in [-0.05, 0) is 47.5 Å². The van der Waals surface area contributed by atoms with Crippen LogP contribution >= 0.6 is 0 Å². The van der Waals surface area contributed by atoms with E-state index in [9.17, 15) is 0 Å². The van der Waals surface area contributed by atoms with Crippen LogP contribution in [0.15, 0.2) is 12.4 Å². The Bertz CT molecular complexity index is 410. The fourth-order valence-electron chi connectivity index (χ4n) is 3.17. The first kappa shape index (κ1) is 13.3. The van der Waals surface area contributed by atoms with Crippen molar-refractivity contribution in [3.8, 4) is 0 Å². The molecule has 0 saturated carbocycles. The van der Waals surface area contributed by atoms with Crippen molar-refractivity contribution < 1.29 is 0 Å². The van der Waals surface area contributed by atoms with Crippen LogP contribution in [-0.2, 0) is 0 Å². The highest BCUT2D eigenvalue weighted by Crippen LogP contribution is 2.30. The molecule has 0 bridgehead atoms. The van der Waals surface area contributed by atoms with Gasteiger partial charge in [-0.2, -0.15) is 0 Å². The maximum absolute atomic E-state index is 4.29. The van der Waals surface area contributed by atoms with Gasteiger partial charge in [-0.15, -0.1) is 0 Å². The van der Waals surface area contributed by atoms with Gasteiger partial charge in [0.1, 0.15) is 12.1 Å². The standard InChI is InChI=1S/C14H24N4/c1-10-6-12(16-9-15-10)17-11-7-13(2,3)18-14(4,5)8-11/h6,9,11,18H,7-8H2,1-5H3,(H,15,16,17). The maximum atomic E-state index is 4.29. The fourth-order valence-corrected chi connectivity index (χ4v) is 3.17. The Balaban J connectivity index is 2.09. The third-order valence-electron chi connectivity index (χ3n) is 3.35. The summed E-state index contributed by atoms with van der Waals surface area (Å²) in [6, 6.07) is 2.45. The molecule has 100 valence electrons. The highest BCUT2D eigenvalue weighted by atomic mass is 15.1. The topological polar surface area (TPSA) is 49.8 Å². The molecule has 1 aliphatic rings. The highest BCUT2D eigenvalue weighted by Gasteiger charge is 2.37. The van der Waals surface area contributed by atoms with Crippen molar-refractivity contribution in [3.63, 3.8) is 0 Å². The monoisotopic (exact) mass is 248 g/mol. The predicted octanol–water partition coefficient (Wildman–Crippen LogP) is 2.51. The second kappa shape index (κ2) is 4.50. The number of aryl methyl sites for hydroxylation is 1. The Labute approximate surface area is 110 Å². The average Bonchev–Trinajstić information content (AvgIpc) is 2.11. The molecule has 1 fully saturated rings. The highest BCUT2D eigenvalue weighted by molar-refractivity contribution is 5.36. The van der Waals surface area contributed by atoms with Gasteiger partial charge in [-0.1, -0.05) is 0 Å².